The smallest absolute Gasteiger partial charge is 0.305 e. The van der Waals surface area contributed by atoms with Gasteiger partial charge in [-0.25, -0.2) is 0 Å². The van der Waals surface area contributed by atoms with Gasteiger partial charge in [-0.1, -0.05) is 33.1 Å². The maximum absolute atomic E-state index is 12.5. The number of hydrogen-bond acceptors (Lipinski definition) is 2. The molecule has 4 nitrogen and oxygen atoms in total. The molecule has 2 rings (SSSR count). The van der Waals surface area contributed by atoms with E-state index in [9.17, 15) is 14.7 Å². The van der Waals surface area contributed by atoms with Gasteiger partial charge in [0.15, 0.2) is 0 Å². The number of aliphatic carboxylic acids is 1. The highest BCUT2D eigenvalue weighted by Crippen LogP contribution is 2.53. The summed E-state index contributed by atoms with van der Waals surface area (Å²) in [6, 6.07) is 0. The van der Waals surface area contributed by atoms with Crippen molar-refractivity contribution >= 4 is 11.9 Å². The van der Waals surface area contributed by atoms with Crippen LogP contribution in [-0.2, 0) is 9.59 Å². The second-order valence-electron chi connectivity index (χ2n) is 7.00. The van der Waals surface area contributed by atoms with Crippen molar-refractivity contribution in [3.05, 3.63) is 0 Å². The molecule has 2 fully saturated rings. The summed E-state index contributed by atoms with van der Waals surface area (Å²) in [5.74, 6) is -0.560. The van der Waals surface area contributed by atoms with Gasteiger partial charge in [0, 0.05) is 13.0 Å². The molecular weight excluding hydrogens is 242 g/mol. The molecule has 1 atom stereocenters. The summed E-state index contributed by atoms with van der Waals surface area (Å²) < 4.78 is 0. The lowest BCUT2D eigenvalue weighted by Gasteiger charge is -2.44. The Morgan fingerprint density at radius 2 is 1.74 bits per heavy atom. The highest BCUT2D eigenvalue weighted by Gasteiger charge is 2.54. The third-order valence-corrected chi connectivity index (χ3v) is 5.12. The van der Waals surface area contributed by atoms with Gasteiger partial charge in [0.1, 0.15) is 0 Å². The van der Waals surface area contributed by atoms with Gasteiger partial charge in [0.05, 0.1) is 12.0 Å². The minimum Gasteiger partial charge on any atom is -0.481 e. The molecular formula is C15H25NO3. The molecule has 2 saturated carbocycles. The van der Waals surface area contributed by atoms with Crippen LogP contribution in [0.5, 0.6) is 0 Å². The van der Waals surface area contributed by atoms with Crippen molar-refractivity contribution in [1.29, 1.82) is 0 Å². The second-order valence-corrected chi connectivity index (χ2v) is 7.00. The standard InChI is InChI=1S/C15H25NO3/c1-14(2)9-11(14)13(19)16(3)15(10-12(17)18)7-5-4-6-8-15/h11H,4-10H2,1-3H3,(H,17,18). The monoisotopic (exact) mass is 267 g/mol. The Kier molecular flexibility index (Phi) is 3.63. The molecule has 2 aliphatic carbocycles. The maximum atomic E-state index is 12.5. The van der Waals surface area contributed by atoms with Gasteiger partial charge in [-0.2, -0.15) is 0 Å². The van der Waals surface area contributed by atoms with E-state index in [1.807, 2.05) is 7.05 Å². The molecule has 0 aromatic heterocycles. The summed E-state index contributed by atoms with van der Waals surface area (Å²) in [6.07, 6.45) is 5.88. The van der Waals surface area contributed by atoms with Crippen LogP contribution in [0.1, 0.15) is 58.8 Å². The predicted molar refractivity (Wildman–Crippen MR) is 72.7 cm³/mol. The molecule has 0 bridgehead atoms. The van der Waals surface area contributed by atoms with E-state index in [0.717, 1.165) is 38.5 Å². The Morgan fingerprint density at radius 1 is 1.21 bits per heavy atom. The van der Waals surface area contributed by atoms with Crippen molar-refractivity contribution in [2.75, 3.05) is 7.05 Å². The van der Waals surface area contributed by atoms with Gasteiger partial charge in [-0.05, 0) is 24.7 Å². The van der Waals surface area contributed by atoms with Crippen LogP contribution in [0.3, 0.4) is 0 Å². The van der Waals surface area contributed by atoms with E-state index in [2.05, 4.69) is 13.8 Å². The lowest BCUT2D eigenvalue weighted by Crippen LogP contribution is -2.52. The minimum absolute atomic E-state index is 0.0857. The van der Waals surface area contributed by atoms with Crippen molar-refractivity contribution < 1.29 is 14.7 Å². The maximum Gasteiger partial charge on any atom is 0.305 e. The molecule has 4 heteroatoms. The number of carbonyl (C=O) groups is 2. The first-order valence-corrected chi connectivity index (χ1v) is 7.28. The number of carboxylic acids is 1. The topological polar surface area (TPSA) is 57.6 Å². The molecule has 0 heterocycles. The Bertz CT molecular complexity index is 383. The van der Waals surface area contributed by atoms with Gasteiger partial charge in [-0.15, -0.1) is 0 Å². The normalized spacial score (nSPS) is 27.6. The van der Waals surface area contributed by atoms with Gasteiger partial charge in [-0.3, -0.25) is 9.59 Å². The SMILES string of the molecule is CN(C(=O)C1CC1(C)C)C1(CC(=O)O)CCCCC1. The predicted octanol–water partition coefficient (Wildman–Crippen LogP) is 2.67. The molecule has 2 aliphatic rings. The Hall–Kier alpha value is -1.06. The third kappa shape index (κ3) is 2.77. The largest absolute Gasteiger partial charge is 0.481 e. The van der Waals surface area contributed by atoms with E-state index in [1.165, 1.54) is 0 Å². The van der Waals surface area contributed by atoms with Crippen LogP contribution >= 0.6 is 0 Å². The van der Waals surface area contributed by atoms with E-state index in [-0.39, 0.29) is 23.7 Å². The van der Waals surface area contributed by atoms with Gasteiger partial charge in [0.25, 0.3) is 0 Å². The fraction of sp³-hybridized carbons (Fsp3) is 0.867. The Labute approximate surface area is 115 Å². The zero-order valence-corrected chi connectivity index (χ0v) is 12.2. The number of hydrogen-bond donors (Lipinski definition) is 1. The molecule has 1 N–H and O–H groups in total. The van der Waals surface area contributed by atoms with E-state index in [4.69, 9.17) is 0 Å². The molecule has 0 aliphatic heterocycles. The van der Waals surface area contributed by atoms with Crippen LogP contribution in [-0.4, -0.2) is 34.5 Å². The first kappa shape index (κ1) is 14.4. The molecule has 0 aromatic rings. The van der Waals surface area contributed by atoms with Crippen molar-refractivity contribution in [1.82, 2.24) is 4.90 Å². The summed E-state index contributed by atoms with van der Waals surface area (Å²) in [6.45, 7) is 4.21. The molecule has 0 spiro atoms. The van der Waals surface area contributed by atoms with E-state index in [1.54, 1.807) is 4.90 Å². The van der Waals surface area contributed by atoms with Crippen LogP contribution in [0.15, 0.2) is 0 Å². The number of carbonyl (C=O) groups excluding carboxylic acids is 1. The van der Waals surface area contributed by atoms with E-state index < -0.39 is 11.5 Å². The summed E-state index contributed by atoms with van der Waals surface area (Å²) in [4.78, 5) is 25.5. The van der Waals surface area contributed by atoms with Crippen LogP contribution in [0.25, 0.3) is 0 Å². The highest BCUT2D eigenvalue weighted by atomic mass is 16.4. The van der Waals surface area contributed by atoms with Gasteiger partial charge in [0.2, 0.25) is 5.91 Å². The molecule has 19 heavy (non-hydrogen) atoms. The quantitative estimate of drug-likeness (QED) is 0.852. The van der Waals surface area contributed by atoms with Crippen molar-refractivity contribution in [2.24, 2.45) is 11.3 Å². The fourth-order valence-corrected chi connectivity index (χ4v) is 3.48. The first-order valence-electron chi connectivity index (χ1n) is 7.28. The van der Waals surface area contributed by atoms with E-state index >= 15 is 0 Å². The number of carboxylic acid groups (broad SMARTS) is 1. The Morgan fingerprint density at radius 3 is 2.16 bits per heavy atom. The zero-order valence-electron chi connectivity index (χ0n) is 12.2. The zero-order chi connectivity index (χ0) is 14.3. The van der Waals surface area contributed by atoms with Crippen molar-refractivity contribution in [2.45, 2.75) is 64.3 Å². The summed E-state index contributed by atoms with van der Waals surface area (Å²) in [5, 5.41) is 9.18. The number of rotatable bonds is 4. The average molecular weight is 267 g/mol. The van der Waals surface area contributed by atoms with Crippen molar-refractivity contribution in [3.8, 4) is 0 Å². The molecule has 0 saturated heterocycles. The molecule has 0 aromatic carbocycles. The molecule has 108 valence electrons. The number of amides is 1. The highest BCUT2D eigenvalue weighted by molar-refractivity contribution is 5.83. The average Bonchev–Trinajstić information content (AvgIpc) is 2.97. The number of nitrogens with zero attached hydrogens (tertiary/aromatic N) is 1. The van der Waals surface area contributed by atoms with Crippen LogP contribution in [0.4, 0.5) is 0 Å². The lowest BCUT2D eigenvalue weighted by atomic mass is 9.77. The summed E-state index contributed by atoms with van der Waals surface area (Å²) in [5.41, 5.74) is -0.343. The summed E-state index contributed by atoms with van der Waals surface area (Å²) in [7, 11) is 1.81. The minimum atomic E-state index is -0.795. The Balaban J connectivity index is 2.13. The van der Waals surface area contributed by atoms with Crippen LogP contribution in [0, 0.1) is 11.3 Å². The van der Waals surface area contributed by atoms with Crippen LogP contribution < -0.4 is 0 Å². The van der Waals surface area contributed by atoms with E-state index in [0.29, 0.717) is 0 Å². The van der Waals surface area contributed by atoms with Gasteiger partial charge < -0.3 is 10.0 Å². The molecule has 1 unspecified atom stereocenters. The fourth-order valence-electron chi connectivity index (χ4n) is 3.48. The second kappa shape index (κ2) is 4.80. The van der Waals surface area contributed by atoms with Crippen LogP contribution in [0.2, 0.25) is 0 Å². The molecule has 1 amide bonds. The lowest BCUT2D eigenvalue weighted by molar-refractivity contribution is -0.146. The van der Waals surface area contributed by atoms with Crippen molar-refractivity contribution in [3.63, 3.8) is 0 Å². The summed E-state index contributed by atoms with van der Waals surface area (Å²) >= 11 is 0. The molecule has 0 radical (unpaired) electrons. The first-order chi connectivity index (χ1) is 8.78. The third-order valence-electron chi connectivity index (χ3n) is 5.12. The van der Waals surface area contributed by atoms with Gasteiger partial charge >= 0.3 is 5.97 Å².